The van der Waals surface area contributed by atoms with Crippen molar-refractivity contribution in [3.8, 4) is 5.75 Å². The van der Waals surface area contributed by atoms with Crippen molar-refractivity contribution in [3.05, 3.63) is 70.4 Å². The lowest BCUT2D eigenvalue weighted by atomic mass is 9.97. The summed E-state index contributed by atoms with van der Waals surface area (Å²) in [7, 11) is -3.77. The van der Waals surface area contributed by atoms with E-state index in [-0.39, 0.29) is 12.0 Å². The fourth-order valence-corrected chi connectivity index (χ4v) is 8.29. The maximum Gasteiger partial charge on any atom is 0.275 e. The topological polar surface area (TPSA) is 74.8 Å². The molecule has 1 aliphatic heterocycles. The van der Waals surface area contributed by atoms with Crippen molar-refractivity contribution in [2.24, 2.45) is 5.92 Å². The van der Waals surface area contributed by atoms with Gasteiger partial charge >= 0.3 is 0 Å². The summed E-state index contributed by atoms with van der Waals surface area (Å²) in [5.74, 6) is 0.906. The molecule has 7 nitrogen and oxygen atoms in total. The van der Waals surface area contributed by atoms with Crippen molar-refractivity contribution in [2.45, 2.75) is 83.7 Å². The largest absolute Gasteiger partial charge is 0.491 e. The van der Waals surface area contributed by atoms with E-state index in [1.165, 1.54) is 27.6 Å². The second kappa shape index (κ2) is 12.8. The highest BCUT2D eigenvalue weighted by Crippen LogP contribution is 2.34. The molecule has 1 atom stereocenters. The van der Waals surface area contributed by atoms with Gasteiger partial charge < -0.3 is 4.74 Å². The molecule has 0 radical (unpaired) electrons. The molecular formula is C30H42N4O3S2. The molecule has 1 saturated heterocycles. The Hall–Kier alpha value is -2.46. The number of rotatable bonds is 11. The van der Waals surface area contributed by atoms with Gasteiger partial charge in [0.15, 0.2) is 4.21 Å². The van der Waals surface area contributed by atoms with Crippen molar-refractivity contribution < 1.29 is 13.2 Å². The Balaban J connectivity index is 1.67. The second-order valence-electron chi connectivity index (χ2n) is 10.9. The molecule has 9 heteroatoms. The van der Waals surface area contributed by atoms with Crippen LogP contribution in [0.5, 0.6) is 5.75 Å². The van der Waals surface area contributed by atoms with Gasteiger partial charge in [-0.1, -0.05) is 50.6 Å². The van der Waals surface area contributed by atoms with Gasteiger partial charge in [0.2, 0.25) is 0 Å². The summed E-state index contributed by atoms with van der Waals surface area (Å²) in [6, 6.07) is 16.7. The summed E-state index contributed by atoms with van der Waals surface area (Å²) >= 11 is 1.23. The average Bonchev–Trinajstić information content (AvgIpc) is 3.25. The number of nitrogens with zero attached hydrogens (tertiary/aromatic N) is 3. The molecule has 39 heavy (non-hydrogen) atoms. The first-order chi connectivity index (χ1) is 18.6. The van der Waals surface area contributed by atoms with Crippen LogP contribution in [0, 0.1) is 19.8 Å². The quantitative estimate of drug-likeness (QED) is 0.279. The van der Waals surface area contributed by atoms with Crippen LogP contribution in [0.4, 0.5) is 5.69 Å². The van der Waals surface area contributed by atoms with Gasteiger partial charge in [-0.2, -0.15) is 0 Å². The van der Waals surface area contributed by atoms with Gasteiger partial charge in [-0.05, 0) is 70.2 Å². The zero-order chi connectivity index (χ0) is 28.2. The molecule has 1 aliphatic rings. The summed E-state index contributed by atoms with van der Waals surface area (Å²) in [6.45, 7) is 13.5. The van der Waals surface area contributed by atoms with E-state index in [0.29, 0.717) is 34.7 Å². The van der Waals surface area contributed by atoms with Crippen LogP contribution < -0.4 is 14.5 Å². The van der Waals surface area contributed by atoms with Crippen molar-refractivity contribution in [2.75, 3.05) is 17.4 Å². The van der Waals surface area contributed by atoms with E-state index in [2.05, 4.69) is 45.8 Å². The Kier molecular flexibility index (Phi) is 9.69. The molecule has 3 aromatic rings. The first-order valence-corrected chi connectivity index (χ1v) is 16.1. The minimum atomic E-state index is -3.77. The predicted octanol–water partition coefficient (Wildman–Crippen LogP) is 6.63. The standard InChI is InChI=1S/C30H42N4O3S2/c1-21(2)20-34(39(35,36)30-23(5)32-24(6)38-30)27-15-16-29(37-22(3)4)26(18-27)19-31-33-17-11-10-14-28(33)25-12-8-7-9-13-25/h7-9,12-13,15-16,18,21-22,28,31H,10-11,14,17,19-20H2,1-6H3/t28-/m0/s1. The van der Waals surface area contributed by atoms with E-state index in [1.807, 2.05) is 52.8 Å². The number of hydrogen-bond donors (Lipinski definition) is 1. The average molecular weight is 571 g/mol. The third-order valence-electron chi connectivity index (χ3n) is 6.77. The molecule has 0 amide bonds. The Morgan fingerprint density at radius 1 is 1.10 bits per heavy atom. The number of ether oxygens (including phenoxy) is 1. The summed E-state index contributed by atoms with van der Waals surface area (Å²) in [5.41, 5.74) is 7.09. The molecule has 1 fully saturated rings. The van der Waals surface area contributed by atoms with Crippen LogP contribution >= 0.6 is 11.3 Å². The molecule has 0 bridgehead atoms. The Bertz CT molecular complexity index is 1340. The number of sulfonamides is 1. The maximum absolute atomic E-state index is 13.9. The van der Waals surface area contributed by atoms with Gasteiger partial charge in [0.05, 0.1) is 22.5 Å². The first kappa shape index (κ1) is 29.5. The number of aryl methyl sites for hydroxylation is 2. The highest BCUT2D eigenvalue weighted by Gasteiger charge is 2.31. The van der Waals surface area contributed by atoms with E-state index in [9.17, 15) is 8.42 Å². The number of hydrazine groups is 1. The SMILES string of the molecule is Cc1nc(C)c(S(=O)(=O)N(CC(C)C)c2ccc(OC(C)C)c(CNN3CCCC[C@H]3c3ccccc3)c2)s1. The van der Waals surface area contributed by atoms with E-state index in [1.54, 1.807) is 6.92 Å². The van der Waals surface area contributed by atoms with Gasteiger partial charge in [0.1, 0.15) is 5.75 Å². The monoisotopic (exact) mass is 570 g/mol. The van der Waals surface area contributed by atoms with Crippen molar-refractivity contribution >= 4 is 27.0 Å². The van der Waals surface area contributed by atoms with Crippen LogP contribution in [0.2, 0.25) is 0 Å². The van der Waals surface area contributed by atoms with Crippen molar-refractivity contribution in [3.63, 3.8) is 0 Å². The van der Waals surface area contributed by atoms with Gasteiger partial charge in [-0.25, -0.2) is 18.4 Å². The fourth-order valence-electron chi connectivity index (χ4n) is 5.08. The molecule has 0 saturated carbocycles. The molecular weight excluding hydrogens is 528 g/mol. The number of thiazole rings is 1. The van der Waals surface area contributed by atoms with Crippen LogP contribution in [-0.4, -0.2) is 37.6 Å². The number of nitrogens with one attached hydrogen (secondary N) is 1. The first-order valence-electron chi connectivity index (χ1n) is 13.9. The molecule has 1 N–H and O–H groups in total. The van der Waals surface area contributed by atoms with Crippen molar-refractivity contribution in [1.82, 2.24) is 15.4 Å². The lowest BCUT2D eigenvalue weighted by molar-refractivity contribution is 0.0818. The smallest absolute Gasteiger partial charge is 0.275 e. The van der Waals surface area contributed by atoms with Crippen LogP contribution in [0.1, 0.15) is 74.8 Å². The summed E-state index contributed by atoms with van der Waals surface area (Å²) in [5, 5.41) is 3.08. The van der Waals surface area contributed by atoms with E-state index < -0.39 is 10.0 Å². The van der Waals surface area contributed by atoms with Gasteiger partial charge in [0.25, 0.3) is 10.0 Å². The summed E-state index contributed by atoms with van der Waals surface area (Å²) in [4.78, 5) is 4.39. The third kappa shape index (κ3) is 7.20. The Labute approximate surface area is 238 Å². The van der Waals surface area contributed by atoms with Crippen LogP contribution in [0.25, 0.3) is 0 Å². The molecule has 0 aliphatic carbocycles. The Morgan fingerprint density at radius 3 is 2.49 bits per heavy atom. The number of hydrogen-bond acceptors (Lipinski definition) is 7. The fraction of sp³-hybridized carbons (Fsp3) is 0.500. The number of anilines is 1. The molecule has 1 aromatic heterocycles. The van der Waals surface area contributed by atoms with Gasteiger partial charge in [-0.15, -0.1) is 11.3 Å². The molecule has 2 heterocycles. The summed E-state index contributed by atoms with van der Waals surface area (Å²) < 4.78 is 35.9. The zero-order valence-electron chi connectivity index (χ0n) is 24.0. The normalized spacial score (nSPS) is 16.7. The minimum absolute atomic E-state index is 0.0000263. The van der Waals surface area contributed by atoms with Crippen LogP contribution in [0.3, 0.4) is 0 Å². The lowest BCUT2D eigenvalue weighted by Crippen LogP contribution is -2.43. The zero-order valence-corrected chi connectivity index (χ0v) is 25.6. The van der Waals surface area contributed by atoms with E-state index in [4.69, 9.17) is 4.74 Å². The number of aromatic nitrogens is 1. The van der Waals surface area contributed by atoms with Crippen molar-refractivity contribution in [1.29, 1.82) is 0 Å². The van der Waals surface area contributed by atoms with Crippen LogP contribution in [0.15, 0.2) is 52.7 Å². The molecule has 212 valence electrons. The highest BCUT2D eigenvalue weighted by molar-refractivity contribution is 7.94. The minimum Gasteiger partial charge on any atom is -0.491 e. The van der Waals surface area contributed by atoms with E-state index >= 15 is 0 Å². The predicted molar refractivity (Wildman–Crippen MR) is 160 cm³/mol. The lowest BCUT2D eigenvalue weighted by Gasteiger charge is -2.36. The molecule has 2 aromatic carbocycles. The second-order valence-corrected chi connectivity index (χ2v) is 14.2. The molecule has 0 unspecified atom stereocenters. The third-order valence-corrected chi connectivity index (χ3v) is 10.2. The Morgan fingerprint density at radius 2 is 1.85 bits per heavy atom. The highest BCUT2D eigenvalue weighted by atomic mass is 32.2. The van der Waals surface area contributed by atoms with Gasteiger partial charge in [-0.3, -0.25) is 9.73 Å². The van der Waals surface area contributed by atoms with E-state index in [0.717, 1.165) is 35.7 Å². The number of benzene rings is 2. The summed E-state index contributed by atoms with van der Waals surface area (Å²) in [6.07, 6.45) is 3.44. The maximum atomic E-state index is 13.9. The molecule has 0 spiro atoms. The van der Waals surface area contributed by atoms with Gasteiger partial charge in [0, 0.05) is 31.2 Å². The number of piperidine rings is 1. The molecule has 4 rings (SSSR count). The van der Waals surface area contributed by atoms with Crippen LogP contribution in [-0.2, 0) is 16.6 Å².